The Kier molecular flexibility index (Phi) is 3.58. The number of amides is 2. The molecule has 13 heavy (non-hydrogen) atoms. The van der Waals surface area contributed by atoms with Crippen molar-refractivity contribution in [2.75, 3.05) is 13.6 Å². The average Bonchev–Trinajstić information content (AvgIpc) is 2.87. The highest BCUT2D eigenvalue weighted by molar-refractivity contribution is 5.74. The molecule has 3 heteroatoms. The van der Waals surface area contributed by atoms with Crippen LogP contribution in [0.1, 0.15) is 33.1 Å². The molecule has 1 fully saturated rings. The van der Waals surface area contributed by atoms with Crippen molar-refractivity contribution >= 4 is 6.03 Å². The molecule has 0 bridgehead atoms. The van der Waals surface area contributed by atoms with E-state index >= 15 is 0 Å². The molecule has 0 spiro atoms. The van der Waals surface area contributed by atoms with Crippen LogP contribution in [0.3, 0.4) is 0 Å². The van der Waals surface area contributed by atoms with E-state index in [0.717, 1.165) is 25.8 Å². The quantitative estimate of drug-likeness (QED) is 0.710. The van der Waals surface area contributed by atoms with Gasteiger partial charge < -0.3 is 10.2 Å². The summed E-state index contributed by atoms with van der Waals surface area (Å²) in [6.45, 7) is 5.17. The third-order valence-corrected chi connectivity index (χ3v) is 2.53. The first-order valence-corrected chi connectivity index (χ1v) is 5.15. The molecule has 3 nitrogen and oxygen atoms in total. The van der Waals surface area contributed by atoms with Crippen molar-refractivity contribution in [2.24, 2.45) is 5.92 Å². The molecule has 1 aliphatic carbocycles. The normalized spacial score (nSPS) is 18.1. The lowest BCUT2D eigenvalue weighted by Gasteiger charge is -2.21. The van der Waals surface area contributed by atoms with Crippen LogP contribution in [0, 0.1) is 5.92 Å². The number of carbonyl (C=O) groups is 1. The van der Waals surface area contributed by atoms with Gasteiger partial charge in [-0.3, -0.25) is 0 Å². The molecule has 1 atom stereocenters. The Balaban J connectivity index is 2.19. The van der Waals surface area contributed by atoms with Gasteiger partial charge in [-0.15, -0.1) is 0 Å². The third kappa shape index (κ3) is 3.66. The predicted molar refractivity (Wildman–Crippen MR) is 53.6 cm³/mol. The Morgan fingerprint density at radius 1 is 1.62 bits per heavy atom. The van der Waals surface area contributed by atoms with Crippen molar-refractivity contribution in [3.63, 3.8) is 0 Å². The maximum atomic E-state index is 11.5. The van der Waals surface area contributed by atoms with Crippen molar-refractivity contribution in [1.82, 2.24) is 10.2 Å². The molecule has 76 valence electrons. The Labute approximate surface area is 80.5 Å². The molecule has 0 aliphatic heterocycles. The van der Waals surface area contributed by atoms with E-state index in [2.05, 4.69) is 19.2 Å². The molecule has 0 aromatic rings. The first-order chi connectivity index (χ1) is 6.13. The topological polar surface area (TPSA) is 32.3 Å². The summed E-state index contributed by atoms with van der Waals surface area (Å²) in [4.78, 5) is 13.2. The summed E-state index contributed by atoms with van der Waals surface area (Å²) in [5, 5.41) is 2.97. The fourth-order valence-corrected chi connectivity index (χ4v) is 1.19. The number of nitrogens with one attached hydrogen (secondary N) is 1. The number of hydrogen-bond donors (Lipinski definition) is 1. The smallest absolute Gasteiger partial charge is 0.317 e. The van der Waals surface area contributed by atoms with Gasteiger partial charge in [0.1, 0.15) is 0 Å². The molecule has 1 N–H and O–H groups in total. The SMILES string of the molecule is CCC(C)CN(C)C(=O)NC1CC1. The van der Waals surface area contributed by atoms with Crippen LogP contribution in [0.5, 0.6) is 0 Å². The number of urea groups is 1. The number of nitrogens with zero attached hydrogens (tertiary/aromatic N) is 1. The van der Waals surface area contributed by atoms with Crippen LogP contribution in [0.4, 0.5) is 4.79 Å². The Morgan fingerprint density at radius 2 is 2.23 bits per heavy atom. The average molecular weight is 184 g/mol. The minimum absolute atomic E-state index is 0.0859. The molecule has 0 heterocycles. The zero-order valence-corrected chi connectivity index (χ0v) is 8.84. The molecular weight excluding hydrogens is 164 g/mol. The lowest BCUT2D eigenvalue weighted by molar-refractivity contribution is 0.201. The zero-order valence-electron chi connectivity index (χ0n) is 8.84. The largest absolute Gasteiger partial charge is 0.335 e. The van der Waals surface area contributed by atoms with Gasteiger partial charge in [0.05, 0.1) is 0 Å². The van der Waals surface area contributed by atoms with Crippen LogP contribution in [0.2, 0.25) is 0 Å². The summed E-state index contributed by atoms with van der Waals surface area (Å²) >= 11 is 0. The Morgan fingerprint density at radius 3 is 2.69 bits per heavy atom. The van der Waals surface area contributed by atoms with Crippen molar-refractivity contribution in [3.8, 4) is 0 Å². The van der Waals surface area contributed by atoms with Crippen LogP contribution in [0.25, 0.3) is 0 Å². The highest BCUT2D eigenvalue weighted by Gasteiger charge is 2.24. The van der Waals surface area contributed by atoms with Gasteiger partial charge in [0.2, 0.25) is 0 Å². The second-order valence-corrected chi connectivity index (χ2v) is 4.12. The van der Waals surface area contributed by atoms with Gasteiger partial charge in [-0.1, -0.05) is 20.3 Å². The molecule has 1 aliphatic rings. The molecule has 0 aromatic heterocycles. The molecule has 0 saturated heterocycles. The predicted octanol–water partition coefficient (Wildman–Crippen LogP) is 1.84. The second kappa shape index (κ2) is 4.49. The fraction of sp³-hybridized carbons (Fsp3) is 0.900. The van der Waals surface area contributed by atoms with E-state index in [9.17, 15) is 4.79 Å². The van der Waals surface area contributed by atoms with Gasteiger partial charge in [-0.25, -0.2) is 4.79 Å². The van der Waals surface area contributed by atoms with Crippen molar-refractivity contribution in [2.45, 2.75) is 39.2 Å². The first kappa shape index (κ1) is 10.4. The van der Waals surface area contributed by atoms with E-state index in [-0.39, 0.29) is 6.03 Å². The van der Waals surface area contributed by atoms with Crippen molar-refractivity contribution < 1.29 is 4.79 Å². The molecule has 1 unspecified atom stereocenters. The maximum Gasteiger partial charge on any atom is 0.317 e. The van der Waals surface area contributed by atoms with E-state index in [1.54, 1.807) is 4.90 Å². The molecular formula is C10H20N2O. The van der Waals surface area contributed by atoms with Crippen molar-refractivity contribution in [1.29, 1.82) is 0 Å². The first-order valence-electron chi connectivity index (χ1n) is 5.15. The van der Waals surface area contributed by atoms with Gasteiger partial charge in [0, 0.05) is 19.6 Å². The van der Waals surface area contributed by atoms with Crippen LogP contribution in [-0.2, 0) is 0 Å². The number of rotatable bonds is 4. The summed E-state index contributed by atoms with van der Waals surface area (Å²) in [7, 11) is 1.86. The van der Waals surface area contributed by atoms with Gasteiger partial charge >= 0.3 is 6.03 Å². The van der Waals surface area contributed by atoms with Gasteiger partial charge in [0.25, 0.3) is 0 Å². The van der Waals surface area contributed by atoms with E-state index in [4.69, 9.17) is 0 Å². The lowest BCUT2D eigenvalue weighted by atomic mass is 10.1. The lowest BCUT2D eigenvalue weighted by Crippen LogP contribution is -2.40. The van der Waals surface area contributed by atoms with E-state index < -0.39 is 0 Å². The van der Waals surface area contributed by atoms with Crippen LogP contribution >= 0.6 is 0 Å². The molecule has 1 saturated carbocycles. The van der Waals surface area contributed by atoms with E-state index in [1.807, 2.05) is 7.05 Å². The van der Waals surface area contributed by atoms with Crippen molar-refractivity contribution in [3.05, 3.63) is 0 Å². The number of carbonyl (C=O) groups excluding carboxylic acids is 1. The molecule has 1 rings (SSSR count). The van der Waals surface area contributed by atoms with Crippen LogP contribution in [-0.4, -0.2) is 30.6 Å². The zero-order chi connectivity index (χ0) is 9.84. The minimum atomic E-state index is 0.0859. The maximum absolute atomic E-state index is 11.5. The van der Waals surface area contributed by atoms with Crippen LogP contribution in [0.15, 0.2) is 0 Å². The molecule has 2 amide bonds. The van der Waals surface area contributed by atoms with E-state index in [0.29, 0.717) is 12.0 Å². The minimum Gasteiger partial charge on any atom is -0.335 e. The summed E-state index contributed by atoms with van der Waals surface area (Å²) in [6.07, 6.45) is 3.44. The Hall–Kier alpha value is -0.730. The fourth-order valence-electron chi connectivity index (χ4n) is 1.19. The highest BCUT2D eigenvalue weighted by Crippen LogP contribution is 2.18. The third-order valence-electron chi connectivity index (χ3n) is 2.53. The van der Waals surface area contributed by atoms with Gasteiger partial charge in [-0.2, -0.15) is 0 Å². The molecule has 0 aromatic carbocycles. The van der Waals surface area contributed by atoms with Gasteiger partial charge in [-0.05, 0) is 18.8 Å². The summed E-state index contributed by atoms with van der Waals surface area (Å²) < 4.78 is 0. The standard InChI is InChI=1S/C10H20N2O/c1-4-8(2)7-12(3)10(13)11-9-5-6-9/h8-9H,4-7H2,1-3H3,(H,11,13). The number of hydrogen-bond acceptors (Lipinski definition) is 1. The van der Waals surface area contributed by atoms with Crippen LogP contribution < -0.4 is 5.32 Å². The van der Waals surface area contributed by atoms with Gasteiger partial charge in [0.15, 0.2) is 0 Å². The second-order valence-electron chi connectivity index (χ2n) is 4.12. The monoisotopic (exact) mass is 184 g/mol. The Bertz CT molecular complexity index is 178. The summed E-state index contributed by atoms with van der Waals surface area (Å²) in [6, 6.07) is 0.551. The summed E-state index contributed by atoms with van der Waals surface area (Å²) in [5.41, 5.74) is 0. The highest BCUT2D eigenvalue weighted by atomic mass is 16.2. The molecule has 0 radical (unpaired) electrons. The summed E-state index contributed by atoms with van der Waals surface area (Å²) in [5.74, 6) is 0.593. The van der Waals surface area contributed by atoms with E-state index in [1.165, 1.54) is 0 Å².